The van der Waals surface area contributed by atoms with Gasteiger partial charge in [0.1, 0.15) is 10.6 Å². The van der Waals surface area contributed by atoms with Gasteiger partial charge in [0.15, 0.2) is 0 Å². The van der Waals surface area contributed by atoms with Crippen LogP contribution in [-0.2, 0) is 16.6 Å². The third-order valence-corrected chi connectivity index (χ3v) is 5.59. The second-order valence-electron chi connectivity index (χ2n) is 5.79. The quantitative estimate of drug-likeness (QED) is 0.808. The van der Waals surface area contributed by atoms with Gasteiger partial charge in [-0.2, -0.15) is 0 Å². The van der Waals surface area contributed by atoms with Gasteiger partial charge in [0.05, 0.1) is 7.11 Å². The van der Waals surface area contributed by atoms with Gasteiger partial charge in [-0.1, -0.05) is 13.0 Å². The fourth-order valence-electron chi connectivity index (χ4n) is 2.50. The van der Waals surface area contributed by atoms with Crippen LogP contribution in [0.1, 0.15) is 38.7 Å². The van der Waals surface area contributed by atoms with Gasteiger partial charge in [-0.25, -0.2) is 13.1 Å². The lowest BCUT2D eigenvalue weighted by Gasteiger charge is -2.38. The Morgan fingerprint density at radius 2 is 2.05 bits per heavy atom. The van der Waals surface area contributed by atoms with Crippen LogP contribution in [0.3, 0.4) is 0 Å². The van der Waals surface area contributed by atoms with E-state index in [9.17, 15) is 8.42 Å². The molecule has 0 aliphatic heterocycles. The first-order valence-corrected chi connectivity index (χ1v) is 8.80. The Kier molecular flexibility index (Phi) is 4.91. The van der Waals surface area contributed by atoms with Crippen molar-refractivity contribution in [1.29, 1.82) is 0 Å². The maximum atomic E-state index is 12.6. The largest absolute Gasteiger partial charge is 0.495 e. The van der Waals surface area contributed by atoms with Gasteiger partial charge in [-0.15, -0.1) is 0 Å². The Balaban J connectivity index is 2.30. The van der Waals surface area contributed by atoms with Crippen molar-refractivity contribution in [2.24, 2.45) is 0 Å². The van der Waals surface area contributed by atoms with Crippen LogP contribution >= 0.6 is 0 Å². The lowest BCUT2D eigenvalue weighted by atomic mass is 9.80. The molecule has 1 aliphatic carbocycles. The molecule has 21 heavy (non-hydrogen) atoms. The lowest BCUT2D eigenvalue weighted by Crippen LogP contribution is -2.50. The van der Waals surface area contributed by atoms with Crippen LogP contribution in [0, 0.1) is 0 Å². The highest BCUT2D eigenvalue weighted by Gasteiger charge is 2.37. The van der Waals surface area contributed by atoms with Gasteiger partial charge in [0, 0.05) is 12.1 Å². The number of hydrogen-bond donors (Lipinski definition) is 2. The van der Waals surface area contributed by atoms with Crippen LogP contribution in [0.2, 0.25) is 0 Å². The van der Waals surface area contributed by atoms with E-state index in [1.807, 2.05) is 19.9 Å². The summed E-state index contributed by atoms with van der Waals surface area (Å²) < 4.78 is 33.3. The Hall–Kier alpha value is -1.11. The van der Waals surface area contributed by atoms with E-state index < -0.39 is 10.0 Å². The van der Waals surface area contributed by atoms with Gasteiger partial charge in [-0.3, -0.25) is 0 Å². The van der Waals surface area contributed by atoms with E-state index in [-0.39, 0.29) is 10.4 Å². The molecule has 118 valence electrons. The average molecular weight is 312 g/mol. The molecule has 1 aromatic carbocycles. The summed E-state index contributed by atoms with van der Waals surface area (Å²) in [5.41, 5.74) is 0.610. The van der Waals surface area contributed by atoms with E-state index in [0.717, 1.165) is 31.4 Å². The predicted octanol–water partition coefficient (Wildman–Crippen LogP) is 2.03. The van der Waals surface area contributed by atoms with E-state index in [4.69, 9.17) is 4.74 Å². The number of sulfonamides is 1. The molecule has 0 atom stereocenters. The van der Waals surface area contributed by atoms with Gasteiger partial charge >= 0.3 is 0 Å². The van der Waals surface area contributed by atoms with Gasteiger partial charge in [-0.05, 0) is 50.4 Å². The second kappa shape index (κ2) is 6.34. The number of ether oxygens (including phenoxy) is 1. The molecule has 0 spiro atoms. The Morgan fingerprint density at radius 3 is 2.57 bits per heavy atom. The number of nitrogens with one attached hydrogen (secondary N) is 2. The summed E-state index contributed by atoms with van der Waals surface area (Å²) >= 11 is 0. The minimum atomic E-state index is -3.57. The Bertz CT molecular complexity index is 595. The van der Waals surface area contributed by atoms with Crippen LogP contribution in [0.15, 0.2) is 23.1 Å². The molecule has 0 saturated heterocycles. The van der Waals surface area contributed by atoms with E-state index >= 15 is 0 Å². The van der Waals surface area contributed by atoms with Crippen molar-refractivity contribution in [3.63, 3.8) is 0 Å². The summed E-state index contributed by atoms with van der Waals surface area (Å²) in [5.74, 6) is 0.380. The molecular formula is C15H24N2O3S. The smallest absolute Gasteiger partial charge is 0.244 e. The minimum absolute atomic E-state index is 0.216. The zero-order valence-electron chi connectivity index (χ0n) is 12.9. The maximum Gasteiger partial charge on any atom is 0.244 e. The summed E-state index contributed by atoms with van der Waals surface area (Å²) in [6, 6.07) is 5.28. The van der Waals surface area contributed by atoms with Crippen molar-refractivity contribution >= 4 is 10.0 Å². The normalized spacial score (nSPS) is 17.3. The summed E-state index contributed by atoms with van der Waals surface area (Å²) in [6.45, 7) is 5.44. The highest BCUT2D eigenvalue weighted by molar-refractivity contribution is 7.89. The summed E-state index contributed by atoms with van der Waals surface area (Å²) in [4.78, 5) is 0.216. The monoisotopic (exact) mass is 312 g/mol. The number of benzene rings is 1. The molecule has 0 heterocycles. The molecule has 2 rings (SSSR count). The van der Waals surface area contributed by atoms with Gasteiger partial charge < -0.3 is 10.1 Å². The Labute approximate surface area is 127 Å². The summed E-state index contributed by atoms with van der Waals surface area (Å²) in [5, 5.41) is 3.20. The van der Waals surface area contributed by atoms with Crippen molar-refractivity contribution in [2.45, 2.75) is 50.1 Å². The molecular weight excluding hydrogens is 288 g/mol. The first kappa shape index (κ1) is 16.3. The molecule has 0 radical (unpaired) electrons. The SMILES string of the molecule is CCNCc1ccc(OC)c(S(=O)(=O)NC2(C)CCC2)c1. The van der Waals surface area contributed by atoms with Gasteiger partial charge in [0.2, 0.25) is 10.0 Å². The molecule has 0 unspecified atom stereocenters. The van der Waals surface area contributed by atoms with E-state index in [0.29, 0.717) is 12.3 Å². The van der Waals surface area contributed by atoms with Crippen LogP contribution < -0.4 is 14.8 Å². The number of rotatable bonds is 7. The van der Waals surface area contributed by atoms with Crippen LogP contribution in [-0.4, -0.2) is 27.6 Å². The molecule has 0 amide bonds. The molecule has 6 heteroatoms. The second-order valence-corrected chi connectivity index (χ2v) is 7.44. The lowest BCUT2D eigenvalue weighted by molar-refractivity contribution is 0.247. The predicted molar refractivity (Wildman–Crippen MR) is 83.0 cm³/mol. The van der Waals surface area contributed by atoms with Crippen LogP contribution in [0.4, 0.5) is 0 Å². The fraction of sp³-hybridized carbons (Fsp3) is 0.600. The first-order valence-electron chi connectivity index (χ1n) is 7.32. The van der Waals surface area contributed by atoms with Crippen molar-refractivity contribution in [3.8, 4) is 5.75 Å². The molecule has 2 N–H and O–H groups in total. The van der Waals surface area contributed by atoms with Crippen molar-refractivity contribution in [2.75, 3.05) is 13.7 Å². The molecule has 1 saturated carbocycles. The summed E-state index contributed by atoms with van der Waals surface area (Å²) in [7, 11) is -2.08. The highest BCUT2D eigenvalue weighted by atomic mass is 32.2. The number of methoxy groups -OCH3 is 1. The van der Waals surface area contributed by atoms with E-state index in [1.165, 1.54) is 7.11 Å². The maximum absolute atomic E-state index is 12.6. The minimum Gasteiger partial charge on any atom is -0.495 e. The standard InChI is InChI=1S/C15H24N2O3S/c1-4-16-11-12-6-7-13(20-3)14(10-12)21(18,19)17-15(2)8-5-9-15/h6-7,10,16-17H,4-5,8-9,11H2,1-3H3. The van der Waals surface area contributed by atoms with Crippen molar-refractivity contribution in [3.05, 3.63) is 23.8 Å². The molecule has 1 aromatic rings. The van der Waals surface area contributed by atoms with Crippen LogP contribution in [0.5, 0.6) is 5.75 Å². The van der Waals surface area contributed by atoms with Crippen molar-refractivity contribution < 1.29 is 13.2 Å². The fourth-order valence-corrected chi connectivity index (χ4v) is 4.18. The van der Waals surface area contributed by atoms with Crippen LogP contribution in [0.25, 0.3) is 0 Å². The Morgan fingerprint density at radius 1 is 1.33 bits per heavy atom. The van der Waals surface area contributed by atoms with Gasteiger partial charge in [0.25, 0.3) is 0 Å². The summed E-state index contributed by atoms with van der Waals surface area (Å²) in [6.07, 6.45) is 2.83. The first-order chi connectivity index (χ1) is 9.90. The third-order valence-electron chi connectivity index (χ3n) is 3.93. The number of hydrogen-bond acceptors (Lipinski definition) is 4. The third kappa shape index (κ3) is 3.75. The average Bonchev–Trinajstić information content (AvgIpc) is 2.42. The zero-order valence-corrected chi connectivity index (χ0v) is 13.7. The molecule has 1 aliphatic rings. The topological polar surface area (TPSA) is 67.4 Å². The zero-order chi connectivity index (χ0) is 15.5. The van der Waals surface area contributed by atoms with Crippen molar-refractivity contribution in [1.82, 2.24) is 10.0 Å². The molecule has 0 aromatic heterocycles. The van der Waals surface area contributed by atoms with E-state index in [1.54, 1.807) is 12.1 Å². The molecule has 5 nitrogen and oxygen atoms in total. The van der Waals surface area contributed by atoms with E-state index in [2.05, 4.69) is 10.0 Å². The molecule has 0 bridgehead atoms. The highest BCUT2D eigenvalue weighted by Crippen LogP contribution is 2.34. The molecule has 1 fully saturated rings.